The van der Waals surface area contributed by atoms with E-state index in [9.17, 15) is 9.18 Å². The summed E-state index contributed by atoms with van der Waals surface area (Å²) in [6.45, 7) is 2.42. The van der Waals surface area contributed by atoms with Crippen molar-refractivity contribution in [2.24, 2.45) is 0 Å². The first-order valence-corrected chi connectivity index (χ1v) is 11.8. The molecule has 0 spiro atoms. The molecule has 0 aliphatic rings. The molecule has 1 atom stereocenters. The van der Waals surface area contributed by atoms with E-state index in [0.29, 0.717) is 29.0 Å². The molecule has 1 N–H and O–H groups in total. The van der Waals surface area contributed by atoms with Crippen LogP contribution in [0.3, 0.4) is 0 Å². The number of amides is 1. The van der Waals surface area contributed by atoms with Crippen molar-refractivity contribution in [1.82, 2.24) is 14.8 Å². The average molecular weight is 477 g/mol. The Bertz CT molecular complexity index is 1260. The smallest absolute Gasteiger partial charge is 0.237 e. The lowest BCUT2D eigenvalue weighted by molar-refractivity contribution is -0.115. The Morgan fingerprint density at radius 1 is 1.06 bits per heavy atom. The van der Waals surface area contributed by atoms with Gasteiger partial charge in [-0.25, -0.2) is 4.39 Å². The molecule has 8 heteroatoms. The summed E-state index contributed by atoms with van der Waals surface area (Å²) < 4.78 is 21.0. The number of thioether (sulfide) groups is 1. The molecule has 34 heavy (non-hydrogen) atoms. The highest BCUT2D eigenvalue weighted by molar-refractivity contribution is 8.00. The van der Waals surface area contributed by atoms with E-state index in [1.807, 2.05) is 47.0 Å². The Hall–Kier alpha value is -3.65. The minimum atomic E-state index is -0.478. The van der Waals surface area contributed by atoms with Gasteiger partial charge in [-0.2, -0.15) is 0 Å². The molecule has 1 amide bonds. The average Bonchev–Trinajstić information content (AvgIpc) is 3.25. The fraction of sp³-hybridized carbons (Fsp3) is 0.192. The monoisotopic (exact) mass is 476 g/mol. The number of carbonyl (C=O) groups excluding carboxylic acids is 1. The molecule has 0 saturated heterocycles. The molecular formula is C26H25FN4O2S. The lowest BCUT2D eigenvalue weighted by atomic mass is 10.1. The molecule has 0 radical (unpaired) electrons. The van der Waals surface area contributed by atoms with Crippen LogP contribution in [0.15, 0.2) is 84.0 Å². The highest BCUT2D eigenvalue weighted by Crippen LogP contribution is 2.32. The molecule has 0 saturated carbocycles. The summed E-state index contributed by atoms with van der Waals surface area (Å²) in [5.41, 5.74) is 2.43. The second kappa shape index (κ2) is 11.0. The summed E-state index contributed by atoms with van der Waals surface area (Å²) in [4.78, 5) is 12.8. The maximum absolute atomic E-state index is 13.5. The van der Waals surface area contributed by atoms with E-state index in [0.717, 1.165) is 12.0 Å². The second-order valence-electron chi connectivity index (χ2n) is 7.65. The first kappa shape index (κ1) is 23.5. The maximum Gasteiger partial charge on any atom is 0.237 e. The minimum absolute atomic E-state index is 0.243. The number of aryl methyl sites for hydroxylation is 1. The van der Waals surface area contributed by atoms with Gasteiger partial charge >= 0.3 is 0 Å². The third kappa shape index (κ3) is 5.63. The summed E-state index contributed by atoms with van der Waals surface area (Å²) in [7, 11) is 1.62. The molecule has 6 nitrogen and oxygen atoms in total. The van der Waals surface area contributed by atoms with Crippen molar-refractivity contribution in [3.63, 3.8) is 0 Å². The first-order valence-electron chi connectivity index (χ1n) is 10.9. The van der Waals surface area contributed by atoms with Gasteiger partial charge in [0, 0.05) is 12.2 Å². The summed E-state index contributed by atoms with van der Waals surface area (Å²) in [6.07, 6.45) is 0.776. The molecule has 174 valence electrons. The SMILES string of the molecule is COc1ccccc1-c1nnc(SC(C)C(=O)Nc2cccc(F)c2)n1CCc1ccccc1. The number of aromatic nitrogens is 3. The van der Waals surface area contributed by atoms with Crippen LogP contribution in [0.1, 0.15) is 12.5 Å². The van der Waals surface area contributed by atoms with E-state index < -0.39 is 11.1 Å². The molecule has 1 heterocycles. The number of carbonyl (C=O) groups is 1. The van der Waals surface area contributed by atoms with Crippen LogP contribution in [0.2, 0.25) is 0 Å². The van der Waals surface area contributed by atoms with Crippen molar-refractivity contribution < 1.29 is 13.9 Å². The van der Waals surface area contributed by atoms with Gasteiger partial charge in [-0.05, 0) is 49.2 Å². The normalized spacial score (nSPS) is 11.7. The molecular weight excluding hydrogens is 451 g/mol. The van der Waals surface area contributed by atoms with Crippen molar-refractivity contribution in [2.45, 2.75) is 30.3 Å². The van der Waals surface area contributed by atoms with Crippen LogP contribution in [-0.4, -0.2) is 33.0 Å². The van der Waals surface area contributed by atoms with E-state index in [2.05, 4.69) is 27.6 Å². The fourth-order valence-corrected chi connectivity index (χ4v) is 4.39. The van der Waals surface area contributed by atoms with Crippen molar-refractivity contribution in [1.29, 1.82) is 0 Å². The van der Waals surface area contributed by atoms with E-state index in [1.54, 1.807) is 26.2 Å². The zero-order valence-electron chi connectivity index (χ0n) is 18.9. The van der Waals surface area contributed by atoms with Gasteiger partial charge in [-0.1, -0.05) is 60.3 Å². The highest BCUT2D eigenvalue weighted by atomic mass is 32.2. The molecule has 1 aromatic heterocycles. The topological polar surface area (TPSA) is 69.0 Å². The molecule has 1 unspecified atom stereocenters. The van der Waals surface area contributed by atoms with E-state index in [1.165, 1.54) is 29.5 Å². The van der Waals surface area contributed by atoms with Gasteiger partial charge in [0.25, 0.3) is 0 Å². The van der Waals surface area contributed by atoms with Gasteiger partial charge in [0.1, 0.15) is 11.6 Å². The Balaban J connectivity index is 1.59. The number of hydrogen-bond acceptors (Lipinski definition) is 5. The van der Waals surface area contributed by atoms with Gasteiger partial charge in [-0.3, -0.25) is 4.79 Å². The summed E-state index contributed by atoms with van der Waals surface area (Å²) in [5.74, 6) is 0.727. The van der Waals surface area contributed by atoms with Gasteiger partial charge in [0.15, 0.2) is 11.0 Å². The van der Waals surface area contributed by atoms with Gasteiger partial charge in [0.05, 0.1) is 17.9 Å². The van der Waals surface area contributed by atoms with Crippen LogP contribution >= 0.6 is 11.8 Å². The number of benzene rings is 3. The van der Waals surface area contributed by atoms with Crippen molar-refractivity contribution in [3.8, 4) is 17.1 Å². The molecule has 3 aromatic carbocycles. The Morgan fingerprint density at radius 3 is 2.59 bits per heavy atom. The van der Waals surface area contributed by atoms with Gasteiger partial charge < -0.3 is 14.6 Å². The van der Waals surface area contributed by atoms with E-state index in [4.69, 9.17) is 4.74 Å². The van der Waals surface area contributed by atoms with Crippen molar-refractivity contribution in [2.75, 3.05) is 12.4 Å². The number of nitrogens with zero attached hydrogens (tertiary/aromatic N) is 3. The molecule has 4 aromatic rings. The molecule has 0 fully saturated rings. The number of nitrogens with one attached hydrogen (secondary N) is 1. The highest BCUT2D eigenvalue weighted by Gasteiger charge is 2.22. The molecule has 4 rings (SSSR count). The molecule has 0 aliphatic heterocycles. The number of methoxy groups -OCH3 is 1. The molecule has 0 aliphatic carbocycles. The van der Waals surface area contributed by atoms with Crippen LogP contribution < -0.4 is 10.1 Å². The van der Waals surface area contributed by atoms with Crippen LogP contribution in [-0.2, 0) is 17.8 Å². The third-order valence-electron chi connectivity index (χ3n) is 5.28. The molecule has 0 bridgehead atoms. The number of rotatable bonds is 9. The van der Waals surface area contributed by atoms with Crippen molar-refractivity contribution in [3.05, 3.63) is 90.2 Å². The fourth-order valence-electron chi connectivity index (χ4n) is 3.51. The van der Waals surface area contributed by atoms with Crippen LogP contribution in [0.25, 0.3) is 11.4 Å². The van der Waals surface area contributed by atoms with Crippen LogP contribution in [0, 0.1) is 5.82 Å². The number of anilines is 1. The number of para-hydroxylation sites is 1. The van der Waals surface area contributed by atoms with E-state index >= 15 is 0 Å². The predicted octanol–water partition coefficient (Wildman–Crippen LogP) is 5.45. The summed E-state index contributed by atoms with van der Waals surface area (Å²) in [6, 6.07) is 23.7. The number of hydrogen-bond donors (Lipinski definition) is 1. The van der Waals surface area contributed by atoms with Crippen LogP contribution in [0.4, 0.5) is 10.1 Å². The minimum Gasteiger partial charge on any atom is -0.496 e. The first-order chi connectivity index (χ1) is 16.5. The summed E-state index contributed by atoms with van der Waals surface area (Å²) >= 11 is 1.31. The lowest BCUT2D eigenvalue weighted by Crippen LogP contribution is -2.23. The standard InChI is InChI=1S/C26H25FN4O2S/c1-18(25(32)28-21-12-8-11-20(27)17-21)34-26-30-29-24(22-13-6-7-14-23(22)33-2)31(26)16-15-19-9-4-3-5-10-19/h3-14,17-18H,15-16H2,1-2H3,(H,28,32). The van der Waals surface area contributed by atoms with Gasteiger partial charge in [-0.15, -0.1) is 10.2 Å². The number of halogens is 1. The van der Waals surface area contributed by atoms with E-state index in [-0.39, 0.29) is 5.91 Å². The lowest BCUT2D eigenvalue weighted by Gasteiger charge is -2.15. The zero-order chi connectivity index (χ0) is 23.9. The zero-order valence-corrected chi connectivity index (χ0v) is 19.8. The quantitative estimate of drug-likeness (QED) is 0.325. The van der Waals surface area contributed by atoms with Gasteiger partial charge in [0.2, 0.25) is 5.91 Å². The summed E-state index contributed by atoms with van der Waals surface area (Å²) in [5, 5.41) is 11.8. The largest absolute Gasteiger partial charge is 0.496 e. The third-order valence-corrected chi connectivity index (χ3v) is 6.36. The maximum atomic E-state index is 13.5. The van der Waals surface area contributed by atoms with Crippen LogP contribution in [0.5, 0.6) is 5.75 Å². The Kier molecular flexibility index (Phi) is 7.59. The Labute approximate surface area is 202 Å². The van der Waals surface area contributed by atoms with Crippen molar-refractivity contribution >= 4 is 23.4 Å². The predicted molar refractivity (Wildman–Crippen MR) is 133 cm³/mol. The number of ether oxygens (including phenoxy) is 1. The Morgan fingerprint density at radius 2 is 1.82 bits per heavy atom. The second-order valence-corrected chi connectivity index (χ2v) is 8.96.